The smallest absolute Gasteiger partial charge is 0.270 e. The summed E-state index contributed by atoms with van der Waals surface area (Å²) in [6.45, 7) is 7.04. The molecule has 2 aromatic heterocycles. The molecule has 2 fully saturated rings. The fourth-order valence-electron chi connectivity index (χ4n) is 4.27. The van der Waals surface area contributed by atoms with Crippen molar-refractivity contribution < 1.29 is 4.79 Å². The van der Waals surface area contributed by atoms with Crippen molar-refractivity contribution in [1.82, 2.24) is 19.3 Å². The molecule has 6 heteroatoms. The lowest BCUT2D eigenvalue weighted by atomic mass is 10.1. The number of carbonyl (C=O) groups is 1. The number of hydrogen-bond acceptors (Lipinski definition) is 4. The van der Waals surface area contributed by atoms with Crippen molar-refractivity contribution in [2.45, 2.75) is 31.8 Å². The maximum absolute atomic E-state index is 13.3. The second kappa shape index (κ2) is 8.59. The van der Waals surface area contributed by atoms with Gasteiger partial charge in [0, 0.05) is 56.4 Å². The molecule has 0 radical (unpaired) electrons. The Balaban J connectivity index is 1.45. The van der Waals surface area contributed by atoms with Crippen LogP contribution in [0.5, 0.6) is 0 Å². The minimum absolute atomic E-state index is 0.192. The molecule has 4 heterocycles. The highest BCUT2D eigenvalue weighted by atomic mass is 32.1. The van der Waals surface area contributed by atoms with Gasteiger partial charge in [-0.1, -0.05) is 12.5 Å². The van der Waals surface area contributed by atoms with Crippen LogP contribution in [-0.2, 0) is 6.54 Å². The zero-order chi connectivity index (χ0) is 18.6. The minimum Gasteiger partial charge on any atom is -0.338 e. The standard InChI is InChI=1S/C21H30N4OS/c1-22-11-13-23(14-12-22)18-6-2-3-9-25(16-18)21(26)20-8-4-10-24(20)17-19-7-5-15-27-19/h4-5,7-8,10,15,18H,2-3,6,9,11-14,16-17H2,1H3. The number of aromatic nitrogens is 1. The molecule has 1 amide bonds. The van der Waals surface area contributed by atoms with E-state index in [1.165, 1.54) is 17.7 Å². The first-order valence-corrected chi connectivity index (χ1v) is 11.0. The molecule has 0 aliphatic carbocycles. The van der Waals surface area contributed by atoms with Crippen molar-refractivity contribution in [2.24, 2.45) is 0 Å². The van der Waals surface area contributed by atoms with Crippen LogP contribution < -0.4 is 0 Å². The molecular weight excluding hydrogens is 356 g/mol. The SMILES string of the molecule is CN1CCN(C2CCCCN(C(=O)c3cccn3Cc3cccs3)C2)CC1. The van der Waals surface area contributed by atoms with Crippen LogP contribution in [0.4, 0.5) is 0 Å². The normalized spacial score (nSPS) is 22.7. The highest BCUT2D eigenvalue weighted by Crippen LogP contribution is 2.20. The third kappa shape index (κ3) is 4.45. The molecule has 2 aliphatic heterocycles. The van der Waals surface area contributed by atoms with Crippen LogP contribution in [0.25, 0.3) is 0 Å². The van der Waals surface area contributed by atoms with E-state index in [9.17, 15) is 4.79 Å². The number of likely N-dealkylation sites (tertiary alicyclic amines) is 1. The van der Waals surface area contributed by atoms with Gasteiger partial charge >= 0.3 is 0 Å². The number of nitrogens with zero attached hydrogens (tertiary/aromatic N) is 4. The Kier molecular flexibility index (Phi) is 5.95. The van der Waals surface area contributed by atoms with Crippen molar-refractivity contribution in [3.05, 3.63) is 46.4 Å². The van der Waals surface area contributed by atoms with Crippen LogP contribution in [-0.4, -0.2) is 77.5 Å². The van der Waals surface area contributed by atoms with Gasteiger partial charge in [-0.2, -0.15) is 0 Å². The summed E-state index contributed by atoms with van der Waals surface area (Å²) in [5.41, 5.74) is 0.822. The number of likely N-dealkylation sites (N-methyl/N-ethyl adjacent to an activating group) is 1. The van der Waals surface area contributed by atoms with Crippen molar-refractivity contribution in [3.63, 3.8) is 0 Å². The summed E-state index contributed by atoms with van der Waals surface area (Å²) in [6.07, 6.45) is 5.57. The second-order valence-corrected chi connectivity index (χ2v) is 8.87. The molecule has 0 N–H and O–H groups in total. The van der Waals surface area contributed by atoms with Gasteiger partial charge in [0.15, 0.2) is 0 Å². The molecule has 0 saturated carbocycles. The Hall–Kier alpha value is -1.63. The number of thiophene rings is 1. The quantitative estimate of drug-likeness (QED) is 0.810. The minimum atomic E-state index is 0.192. The molecule has 146 valence electrons. The fraction of sp³-hybridized carbons (Fsp3) is 0.571. The lowest BCUT2D eigenvalue weighted by Gasteiger charge is -2.39. The fourth-order valence-corrected chi connectivity index (χ4v) is 4.97. The van der Waals surface area contributed by atoms with Gasteiger partial charge in [0.1, 0.15) is 5.69 Å². The van der Waals surface area contributed by atoms with E-state index in [1.807, 2.05) is 18.3 Å². The lowest BCUT2D eigenvalue weighted by molar-refractivity contribution is 0.0623. The highest BCUT2D eigenvalue weighted by molar-refractivity contribution is 7.09. The van der Waals surface area contributed by atoms with Gasteiger partial charge in [0.2, 0.25) is 0 Å². The number of piperazine rings is 1. The molecule has 27 heavy (non-hydrogen) atoms. The number of amides is 1. The van der Waals surface area contributed by atoms with Gasteiger partial charge in [-0.25, -0.2) is 0 Å². The van der Waals surface area contributed by atoms with Crippen LogP contribution in [0.2, 0.25) is 0 Å². The number of carbonyl (C=O) groups excluding carboxylic acids is 1. The highest BCUT2D eigenvalue weighted by Gasteiger charge is 2.29. The Morgan fingerprint density at radius 2 is 1.96 bits per heavy atom. The first-order chi connectivity index (χ1) is 13.2. The van der Waals surface area contributed by atoms with E-state index < -0.39 is 0 Å². The van der Waals surface area contributed by atoms with Crippen molar-refractivity contribution in [1.29, 1.82) is 0 Å². The van der Waals surface area contributed by atoms with Crippen molar-refractivity contribution in [3.8, 4) is 0 Å². The summed E-state index contributed by atoms with van der Waals surface area (Å²) in [7, 11) is 2.20. The second-order valence-electron chi connectivity index (χ2n) is 7.84. The predicted octanol–water partition coefficient (Wildman–Crippen LogP) is 2.84. The maximum atomic E-state index is 13.3. The lowest BCUT2D eigenvalue weighted by Crippen LogP contribution is -2.52. The van der Waals surface area contributed by atoms with E-state index in [2.05, 4.69) is 43.8 Å². The number of hydrogen-bond donors (Lipinski definition) is 0. The summed E-state index contributed by atoms with van der Waals surface area (Å²) >= 11 is 1.74. The summed E-state index contributed by atoms with van der Waals surface area (Å²) in [5.74, 6) is 0.192. The molecular formula is C21H30N4OS. The molecule has 1 atom stereocenters. The summed E-state index contributed by atoms with van der Waals surface area (Å²) in [6, 6.07) is 8.68. The van der Waals surface area contributed by atoms with Gasteiger partial charge in [-0.15, -0.1) is 11.3 Å². The molecule has 0 spiro atoms. The molecule has 5 nitrogen and oxygen atoms in total. The average Bonchev–Trinajstić information content (AvgIpc) is 3.29. The molecule has 1 unspecified atom stereocenters. The van der Waals surface area contributed by atoms with Crippen LogP contribution in [0, 0.1) is 0 Å². The van der Waals surface area contributed by atoms with Crippen LogP contribution in [0.15, 0.2) is 35.8 Å². The van der Waals surface area contributed by atoms with Gasteiger partial charge in [0.05, 0.1) is 6.54 Å². The van der Waals surface area contributed by atoms with Gasteiger partial charge < -0.3 is 14.4 Å². The van der Waals surface area contributed by atoms with Crippen molar-refractivity contribution in [2.75, 3.05) is 46.3 Å². The van der Waals surface area contributed by atoms with Gasteiger partial charge in [-0.3, -0.25) is 9.69 Å². The third-order valence-corrected chi connectivity index (χ3v) is 6.80. The summed E-state index contributed by atoms with van der Waals surface area (Å²) < 4.78 is 2.10. The molecule has 0 bridgehead atoms. The van der Waals surface area contributed by atoms with Crippen LogP contribution in [0.1, 0.15) is 34.6 Å². The average molecular weight is 387 g/mol. The topological polar surface area (TPSA) is 31.7 Å². The first kappa shape index (κ1) is 18.7. The molecule has 4 rings (SSSR count). The zero-order valence-corrected chi connectivity index (χ0v) is 17.0. The van der Waals surface area contributed by atoms with E-state index >= 15 is 0 Å². The van der Waals surface area contributed by atoms with E-state index in [-0.39, 0.29) is 5.91 Å². The molecule has 2 aliphatic rings. The monoisotopic (exact) mass is 386 g/mol. The van der Waals surface area contributed by atoms with E-state index in [0.29, 0.717) is 6.04 Å². The number of rotatable bonds is 4. The van der Waals surface area contributed by atoms with Crippen molar-refractivity contribution >= 4 is 17.2 Å². The summed E-state index contributed by atoms with van der Waals surface area (Å²) in [4.78, 5) is 21.7. The van der Waals surface area contributed by atoms with E-state index in [0.717, 1.165) is 57.9 Å². The predicted molar refractivity (Wildman–Crippen MR) is 110 cm³/mol. The van der Waals surface area contributed by atoms with Gasteiger partial charge in [0.25, 0.3) is 5.91 Å². The third-order valence-electron chi connectivity index (χ3n) is 5.94. The van der Waals surface area contributed by atoms with Crippen LogP contribution in [0.3, 0.4) is 0 Å². The Morgan fingerprint density at radius 3 is 2.74 bits per heavy atom. The Morgan fingerprint density at radius 1 is 1.11 bits per heavy atom. The molecule has 2 aromatic rings. The Labute approximate surface area is 166 Å². The van der Waals surface area contributed by atoms with Crippen LogP contribution >= 0.6 is 11.3 Å². The maximum Gasteiger partial charge on any atom is 0.270 e. The Bertz CT molecular complexity index is 733. The molecule has 2 saturated heterocycles. The van der Waals surface area contributed by atoms with Gasteiger partial charge in [-0.05, 0) is 43.5 Å². The first-order valence-electron chi connectivity index (χ1n) is 10.1. The zero-order valence-electron chi connectivity index (χ0n) is 16.2. The van der Waals surface area contributed by atoms with E-state index in [1.54, 1.807) is 11.3 Å². The largest absolute Gasteiger partial charge is 0.338 e. The van der Waals surface area contributed by atoms with E-state index in [4.69, 9.17) is 0 Å². The summed E-state index contributed by atoms with van der Waals surface area (Å²) in [5, 5.41) is 2.09. The molecule has 0 aromatic carbocycles.